The zero-order valence-corrected chi connectivity index (χ0v) is 11.3. The Labute approximate surface area is 102 Å². The van der Waals surface area contributed by atoms with Crippen molar-refractivity contribution in [2.45, 2.75) is 51.2 Å². The van der Waals surface area contributed by atoms with Gasteiger partial charge in [-0.1, -0.05) is 19.8 Å². The molecule has 1 saturated heterocycles. The highest BCUT2D eigenvalue weighted by Crippen LogP contribution is 2.29. The average molecular weight is 251 g/mol. The highest BCUT2D eigenvalue weighted by molar-refractivity contribution is 7.82. The molecule has 0 aromatic rings. The molecule has 1 aliphatic rings. The summed E-state index contributed by atoms with van der Waals surface area (Å²) in [6, 6.07) is 0. The van der Waals surface area contributed by atoms with Crippen LogP contribution in [0.4, 0.5) is 0 Å². The van der Waals surface area contributed by atoms with Crippen molar-refractivity contribution in [2.24, 2.45) is 0 Å². The van der Waals surface area contributed by atoms with Crippen molar-refractivity contribution in [3.05, 3.63) is 0 Å². The van der Waals surface area contributed by atoms with Crippen molar-refractivity contribution in [3.63, 3.8) is 0 Å². The third-order valence-electron chi connectivity index (χ3n) is 2.67. The summed E-state index contributed by atoms with van der Waals surface area (Å²) in [6.45, 7) is 2.88. The Bertz CT molecular complexity index is 175. The lowest BCUT2D eigenvalue weighted by Gasteiger charge is -1.99. The fourth-order valence-electron chi connectivity index (χ4n) is 1.71. The van der Waals surface area contributed by atoms with E-state index in [2.05, 4.69) is 6.92 Å². The molecule has 2 unspecified atom stereocenters. The van der Waals surface area contributed by atoms with Crippen LogP contribution in [0.1, 0.15) is 39.0 Å². The van der Waals surface area contributed by atoms with Crippen LogP contribution in [-0.4, -0.2) is 33.0 Å². The number of ether oxygens (including phenoxy) is 1. The Hall–Kier alpha value is 0.190. The first-order valence-electron chi connectivity index (χ1n) is 5.93. The minimum Gasteiger partial charge on any atom is -0.370 e. The van der Waals surface area contributed by atoms with Crippen molar-refractivity contribution < 1.29 is 17.3 Å². The molecule has 0 saturated carbocycles. The quantitative estimate of drug-likeness (QED) is 0.339. The van der Waals surface area contributed by atoms with E-state index in [0.717, 1.165) is 12.8 Å². The van der Waals surface area contributed by atoms with E-state index in [-0.39, 0.29) is 0 Å². The van der Waals surface area contributed by atoms with E-state index in [9.17, 15) is 0 Å². The van der Waals surface area contributed by atoms with Gasteiger partial charge in [-0.2, -0.15) is 0 Å². The van der Waals surface area contributed by atoms with Gasteiger partial charge in [0.1, 0.15) is 6.61 Å². The lowest BCUT2D eigenvalue weighted by atomic mass is 10.1. The first-order valence-corrected chi connectivity index (χ1v) is 6.93. The highest BCUT2D eigenvalue weighted by atomic mass is 32.3. The highest BCUT2D eigenvalue weighted by Gasteiger charge is 2.35. The van der Waals surface area contributed by atoms with Crippen LogP contribution >= 0.6 is 0 Å². The van der Waals surface area contributed by atoms with Crippen molar-refractivity contribution in [3.8, 4) is 0 Å². The number of hydrogen-bond donors (Lipinski definition) is 0. The van der Waals surface area contributed by atoms with Crippen LogP contribution in [0.5, 0.6) is 0 Å². The number of unbranched alkanes of at least 4 members (excludes halogenated alkanes) is 2. The van der Waals surface area contributed by atoms with Crippen molar-refractivity contribution in [1.82, 2.24) is 0 Å². The molecule has 0 spiro atoms. The van der Waals surface area contributed by atoms with E-state index in [1.807, 2.05) is 0 Å². The summed E-state index contributed by atoms with van der Waals surface area (Å²) in [5.74, 6) is 0. The molecule has 0 aromatic carbocycles. The molecule has 0 N–H and O–H groups in total. The molecule has 1 heterocycles. The molecule has 0 aromatic heterocycles. The topological polar surface area (TPSA) is 40.2 Å². The normalized spacial score (nSPS) is 24.0. The van der Waals surface area contributed by atoms with E-state index in [1.54, 1.807) is 14.2 Å². The molecule has 1 rings (SSSR count). The molecule has 16 heavy (non-hydrogen) atoms. The third kappa shape index (κ3) is 5.50. The van der Waals surface area contributed by atoms with Gasteiger partial charge >= 0.3 is 11.7 Å². The summed E-state index contributed by atoms with van der Waals surface area (Å²) in [5.41, 5.74) is 0. The fourth-order valence-corrected chi connectivity index (χ4v) is 2.29. The Kier molecular flexibility index (Phi) is 7.40. The molecule has 96 valence electrons. The number of hydrogen-bond acceptors (Lipinski definition) is 4. The van der Waals surface area contributed by atoms with Crippen molar-refractivity contribution in [1.29, 1.82) is 0 Å². The second kappa shape index (κ2) is 8.31. The van der Waals surface area contributed by atoms with Gasteiger partial charge in [0.05, 0.1) is 26.4 Å². The number of rotatable bonds is 10. The lowest BCUT2D eigenvalue weighted by molar-refractivity contribution is 0.222. The van der Waals surface area contributed by atoms with Crippen LogP contribution in [-0.2, 0) is 29.0 Å². The van der Waals surface area contributed by atoms with Gasteiger partial charge in [-0.05, 0) is 19.3 Å². The van der Waals surface area contributed by atoms with Crippen LogP contribution in [0.2, 0.25) is 0 Å². The van der Waals surface area contributed by atoms with E-state index >= 15 is 0 Å². The predicted molar refractivity (Wildman–Crippen MR) is 64.8 cm³/mol. The summed E-state index contributed by atoms with van der Waals surface area (Å²) in [7, 11) is 3.17. The van der Waals surface area contributed by atoms with E-state index in [1.165, 1.54) is 19.3 Å². The number of epoxide rings is 1. The van der Waals surface area contributed by atoms with Gasteiger partial charge in [0.15, 0.2) is 0 Å². The van der Waals surface area contributed by atoms with Crippen LogP contribution in [0.15, 0.2) is 0 Å². The van der Waals surface area contributed by atoms with E-state index in [0.29, 0.717) is 18.8 Å². The van der Waals surface area contributed by atoms with Gasteiger partial charge < -0.3 is 4.74 Å². The summed E-state index contributed by atoms with van der Waals surface area (Å²) in [4.78, 5) is 0. The molecule has 2 atom stereocenters. The van der Waals surface area contributed by atoms with Gasteiger partial charge in [0.2, 0.25) is 0 Å². The monoisotopic (exact) mass is 251 g/mol. The molecule has 1 fully saturated rings. The Balaban J connectivity index is 1.81. The minimum absolute atomic E-state index is 0.540. The summed E-state index contributed by atoms with van der Waals surface area (Å²) in [6.07, 6.45) is 6.89. The maximum atomic E-state index is 5.48. The summed E-state index contributed by atoms with van der Waals surface area (Å²) >= 11 is -0.772. The van der Waals surface area contributed by atoms with E-state index < -0.39 is 11.7 Å². The molecular weight excluding hydrogens is 228 g/mol. The zero-order chi connectivity index (χ0) is 11.8. The van der Waals surface area contributed by atoms with Crippen LogP contribution < -0.4 is 0 Å². The summed E-state index contributed by atoms with van der Waals surface area (Å²) < 4.78 is 20.7. The minimum atomic E-state index is -0.772. The maximum Gasteiger partial charge on any atom is 0.507 e. The Morgan fingerprint density at radius 3 is 2.38 bits per heavy atom. The van der Waals surface area contributed by atoms with Gasteiger partial charge in [0.25, 0.3) is 0 Å². The molecule has 0 bridgehead atoms. The molecule has 4 nitrogen and oxygen atoms in total. The molecule has 0 amide bonds. The SMILES string of the molecule is CCC1OC1CCCCCO[S+](OC)OC. The standard InChI is InChI=1S/C11H23O4S/c1-4-10-11(15-10)8-6-5-7-9-14-16(12-2)13-3/h10-11H,4-9H2,1-3H3/q+1. The first kappa shape index (κ1) is 14.3. The largest absolute Gasteiger partial charge is 0.507 e. The molecule has 0 radical (unpaired) electrons. The predicted octanol–water partition coefficient (Wildman–Crippen LogP) is 2.40. The van der Waals surface area contributed by atoms with Gasteiger partial charge in [-0.3, -0.25) is 0 Å². The molecular formula is C11H23O4S+. The first-order chi connectivity index (χ1) is 7.81. The smallest absolute Gasteiger partial charge is 0.370 e. The van der Waals surface area contributed by atoms with Gasteiger partial charge in [-0.15, -0.1) is 12.5 Å². The van der Waals surface area contributed by atoms with Crippen LogP contribution in [0.25, 0.3) is 0 Å². The summed E-state index contributed by atoms with van der Waals surface area (Å²) in [5, 5.41) is 0. The van der Waals surface area contributed by atoms with Crippen molar-refractivity contribution >= 4 is 11.7 Å². The molecule has 0 aliphatic carbocycles. The van der Waals surface area contributed by atoms with E-state index in [4.69, 9.17) is 17.3 Å². The fraction of sp³-hybridized carbons (Fsp3) is 1.00. The van der Waals surface area contributed by atoms with Crippen LogP contribution in [0, 0.1) is 0 Å². The Morgan fingerprint density at radius 2 is 1.81 bits per heavy atom. The molecule has 5 heteroatoms. The Morgan fingerprint density at radius 1 is 1.06 bits per heavy atom. The third-order valence-corrected chi connectivity index (χ3v) is 3.58. The van der Waals surface area contributed by atoms with Gasteiger partial charge in [0, 0.05) is 0 Å². The van der Waals surface area contributed by atoms with Crippen LogP contribution in [0.3, 0.4) is 0 Å². The average Bonchev–Trinajstić information content (AvgIpc) is 3.07. The second-order valence-corrected chi connectivity index (χ2v) is 5.14. The zero-order valence-electron chi connectivity index (χ0n) is 10.4. The van der Waals surface area contributed by atoms with Crippen molar-refractivity contribution in [2.75, 3.05) is 20.8 Å². The van der Waals surface area contributed by atoms with Gasteiger partial charge in [-0.25, -0.2) is 0 Å². The lowest BCUT2D eigenvalue weighted by Crippen LogP contribution is -2.11. The maximum absolute atomic E-state index is 5.48. The second-order valence-electron chi connectivity index (χ2n) is 3.83. The molecule has 1 aliphatic heterocycles.